The number of carboxylic acid groups (broad SMARTS) is 2. The van der Waals surface area contributed by atoms with Crippen LogP contribution in [0, 0.1) is 0 Å². The Hall–Kier alpha value is -2.68. The van der Waals surface area contributed by atoms with Crippen LogP contribution in [0.25, 0.3) is 0 Å². The molecule has 10 nitrogen and oxygen atoms in total. The van der Waals surface area contributed by atoms with Gasteiger partial charge < -0.3 is 10.2 Å². The molecule has 166 valence electrons. The fourth-order valence-corrected chi connectivity index (χ4v) is 2.79. The summed E-state index contributed by atoms with van der Waals surface area (Å²) in [6.07, 6.45) is 4.77. The quantitative estimate of drug-likeness (QED) is 0.264. The fourth-order valence-electron chi connectivity index (χ4n) is 2.79. The van der Waals surface area contributed by atoms with Crippen molar-refractivity contribution < 1.29 is 58.5 Å². The van der Waals surface area contributed by atoms with Crippen molar-refractivity contribution in [2.45, 2.75) is 52.4 Å². The second-order valence-electron chi connectivity index (χ2n) is 6.95. The molecule has 0 aromatic heterocycles. The van der Waals surface area contributed by atoms with Gasteiger partial charge in [-0.3, -0.25) is 38.6 Å². The summed E-state index contributed by atoms with van der Waals surface area (Å²) in [7, 11) is 0. The molecule has 0 saturated carbocycles. The van der Waals surface area contributed by atoms with Crippen molar-refractivity contribution in [2.75, 3.05) is 13.1 Å². The number of amides is 4. The van der Waals surface area contributed by atoms with Crippen LogP contribution in [0.3, 0.4) is 0 Å². The molecular weight excluding hydrogens is 462 g/mol. The normalized spacial score (nSPS) is 15.3. The predicted molar refractivity (Wildman–Crippen MR) is 104 cm³/mol. The van der Waals surface area contributed by atoms with Crippen LogP contribution in [0.1, 0.15) is 52.4 Å². The van der Waals surface area contributed by atoms with E-state index in [0.717, 1.165) is 9.80 Å². The van der Waals surface area contributed by atoms with Gasteiger partial charge in [0.15, 0.2) is 0 Å². The summed E-state index contributed by atoms with van der Waals surface area (Å²) in [5.41, 5.74) is 0.886. The Bertz CT molecular complexity index is 737. The van der Waals surface area contributed by atoms with Gasteiger partial charge >= 0.3 is 11.9 Å². The van der Waals surface area contributed by atoms with Gasteiger partial charge in [-0.2, -0.15) is 0 Å². The second kappa shape index (κ2) is 13.6. The third-order valence-electron chi connectivity index (χ3n) is 4.42. The molecule has 0 bridgehead atoms. The first-order chi connectivity index (χ1) is 14.0. The van der Waals surface area contributed by atoms with Crippen LogP contribution in [-0.2, 0) is 48.2 Å². The molecule has 11 heteroatoms. The van der Waals surface area contributed by atoms with Gasteiger partial charge in [-0.15, -0.1) is 0 Å². The van der Waals surface area contributed by atoms with E-state index in [0.29, 0.717) is 49.9 Å². The number of unbranched alkanes of at least 4 members (excludes halogenated alkanes) is 2. The fraction of sp³-hybridized carbons (Fsp3) is 0.500. The minimum Gasteiger partial charge on any atom is -0.481 e. The molecular formula is C20H26N2O8Zn. The van der Waals surface area contributed by atoms with Gasteiger partial charge in [0.05, 0.1) is 0 Å². The molecule has 0 spiro atoms. The van der Waals surface area contributed by atoms with E-state index in [1.807, 2.05) is 0 Å². The molecule has 0 fully saturated rings. The van der Waals surface area contributed by atoms with E-state index in [1.165, 1.54) is 12.2 Å². The average Bonchev–Trinajstić information content (AvgIpc) is 3.04. The van der Waals surface area contributed by atoms with Crippen molar-refractivity contribution in [3.8, 4) is 0 Å². The van der Waals surface area contributed by atoms with Crippen LogP contribution in [0.5, 0.6) is 0 Å². The number of imide groups is 2. The Morgan fingerprint density at radius 2 is 1.03 bits per heavy atom. The maximum Gasteiger partial charge on any atom is 0.303 e. The number of aliphatic carboxylic acids is 2. The number of carbonyl (C=O) groups is 6. The minimum atomic E-state index is -0.858. The van der Waals surface area contributed by atoms with E-state index in [9.17, 15) is 28.8 Å². The molecule has 2 aliphatic heterocycles. The summed E-state index contributed by atoms with van der Waals surface area (Å²) in [6.45, 7) is 3.80. The van der Waals surface area contributed by atoms with E-state index in [2.05, 4.69) is 0 Å². The zero-order valence-corrected chi connectivity index (χ0v) is 20.7. The first-order valence-corrected chi connectivity index (χ1v) is 9.56. The molecule has 0 aromatic rings. The SMILES string of the molecule is CC1=CC(=O)N(CCCCC(=O)O)C1=O.CC1=CC(=O)N(CCCCC(=O)O)C1=O.[Zn]. The van der Waals surface area contributed by atoms with Crippen LogP contribution in [0.15, 0.2) is 23.3 Å². The molecule has 2 N–H and O–H groups in total. The Morgan fingerprint density at radius 3 is 1.26 bits per heavy atom. The smallest absolute Gasteiger partial charge is 0.303 e. The molecule has 0 saturated heterocycles. The van der Waals surface area contributed by atoms with Crippen LogP contribution in [-0.4, -0.2) is 68.7 Å². The van der Waals surface area contributed by atoms with Gasteiger partial charge in [0.25, 0.3) is 23.6 Å². The number of carboxylic acids is 2. The van der Waals surface area contributed by atoms with Crippen LogP contribution in [0.4, 0.5) is 0 Å². The summed E-state index contributed by atoms with van der Waals surface area (Å²) in [5.74, 6) is -2.85. The molecule has 0 unspecified atom stereocenters. The summed E-state index contributed by atoms with van der Waals surface area (Å²) >= 11 is 0. The van der Waals surface area contributed by atoms with Gasteiger partial charge in [-0.05, 0) is 39.5 Å². The van der Waals surface area contributed by atoms with E-state index in [-0.39, 0.29) is 55.9 Å². The topological polar surface area (TPSA) is 149 Å². The molecule has 0 aromatic carbocycles. The Morgan fingerprint density at radius 1 is 0.710 bits per heavy atom. The van der Waals surface area contributed by atoms with Crippen molar-refractivity contribution in [3.05, 3.63) is 23.3 Å². The number of rotatable bonds is 10. The summed E-state index contributed by atoms with van der Waals surface area (Å²) in [5, 5.41) is 16.8. The maximum absolute atomic E-state index is 11.4. The first-order valence-electron chi connectivity index (χ1n) is 9.56. The number of hydrogen-bond acceptors (Lipinski definition) is 6. The third kappa shape index (κ3) is 9.34. The van der Waals surface area contributed by atoms with E-state index in [1.54, 1.807) is 13.8 Å². The van der Waals surface area contributed by atoms with Crippen LogP contribution >= 0.6 is 0 Å². The summed E-state index contributed by atoms with van der Waals surface area (Å²) < 4.78 is 0. The molecule has 31 heavy (non-hydrogen) atoms. The van der Waals surface area contributed by atoms with Gasteiger partial charge in [0.2, 0.25) is 0 Å². The summed E-state index contributed by atoms with van der Waals surface area (Å²) in [6, 6.07) is 0. The Labute approximate surface area is 192 Å². The summed E-state index contributed by atoms with van der Waals surface area (Å²) in [4.78, 5) is 67.9. The molecule has 0 atom stereocenters. The van der Waals surface area contributed by atoms with E-state index >= 15 is 0 Å². The van der Waals surface area contributed by atoms with Gasteiger partial charge in [-0.25, -0.2) is 0 Å². The van der Waals surface area contributed by atoms with Crippen LogP contribution < -0.4 is 0 Å². The van der Waals surface area contributed by atoms with Crippen molar-refractivity contribution in [2.24, 2.45) is 0 Å². The van der Waals surface area contributed by atoms with Crippen LogP contribution in [0.2, 0.25) is 0 Å². The number of nitrogens with zero attached hydrogens (tertiary/aromatic N) is 2. The van der Waals surface area contributed by atoms with E-state index in [4.69, 9.17) is 10.2 Å². The third-order valence-corrected chi connectivity index (χ3v) is 4.42. The van der Waals surface area contributed by atoms with E-state index < -0.39 is 11.9 Å². The van der Waals surface area contributed by atoms with Crippen molar-refractivity contribution in [3.63, 3.8) is 0 Å². The van der Waals surface area contributed by atoms with Crippen molar-refractivity contribution in [1.82, 2.24) is 9.80 Å². The van der Waals surface area contributed by atoms with Gasteiger partial charge in [0.1, 0.15) is 0 Å². The van der Waals surface area contributed by atoms with Gasteiger partial charge in [0, 0.05) is 68.7 Å². The Kier molecular flexibility index (Phi) is 12.4. The predicted octanol–water partition coefficient (Wildman–Crippen LogP) is 1.11. The molecule has 0 aliphatic carbocycles. The van der Waals surface area contributed by atoms with Crippen molar-refractivity contribution in [1.29, 1.82) is 0 Å². The number of hydrogen-bond donors (Lipinski definition) is 2. The molecule has 0 radical (unpaired) electrons. The molecule has 2 rings (SSSR count). The monoisotopic (exact) mass is 486 g/mol. The minimum absolute atomic E-state index is 0. The standard InChI is InChI=1S/2C10H13NO4.Zn/c2*1-7-6-8(12)11(10(7)15)5-3-2-4-9(13)14;/h2*6H,2-5H2,1H3,(H,13,14);. The average molecular weight is 488 g/mol. The van der Waals surface area contributed by atoms with Gasteiger partial charge in [-0.1, -0.05) is 0 Å². The van der Waals surface area contributed by atoms with Crippen molar-refractivity contribution >= 4 is 35.6 Å². The largest absolute Gasteiger partial charge is 0.481 e. The molecule has 4 amide bonds. The molecule has 2 heterocycles. The zero-order chi connectivity index (χ0) is 22.8. The Balaban J connectivity index is 0.000000562. The zero-order valence-electron chi connectivity index (χ0n) is 17.8. The maximum atomic E-state index is 11.4. The number of carbonyl (C=O) groups excluding carboxylic acids is 4. The second-order valence-corrected chi connectivity index (χ2v) is 6.95. The first kappa shape index (κ1) is 28.3. The molecule has 2 aliphatic rings.